The fraction of sp³-hybridized carbons (Fsp3) is 0.481. The zero-order valence-corrected chi connectivity index (χ0v) is 20.3. The molecule has 1 aromatic rings. The third-order valence-electron chi connectivity index (χ3n) is 6.01. The zero-order valence-electron chi connectivity index (χ0n) is 20.3. The monoisotopic (exact) mass is 439 g/mol. The molecule has 174 valence electrons. The minimum atomic E-state index is -0.607. The van der Waals surface area contributed by atoms with Gasteiger partial charge in [0.05, 0.1) is 5.56 Å². The van der Waals surface area contributed by atoms with E-state index in [1.165, 1.54) is 22.8 Å². The number of benzene rings is 1. The topological polar surface area (TPSA) is 79.1 Å². The van der Waals surface area contributed by atoms with Crippen molar-refractivity contribution in [3.63, 3.8) is 0 Å². The van der Waals surface area contributed by atoms with Gasteiger partial charge in [0.1, 0.15) is 17.6 Å². The van der Waals surface area contributed by atoms with Gasteiger partial charge in [-0.3, -0.25) is 4.79 Å². The van der Waals surface area contributed by atoms with Gasteiger partial charge in [0, 0.05) is 0 Å². The lowest BCUT2D eigenvalue weighted by atomic mass is 9.92. The maximum atomic E-state index is 12.8. The molecule has 0 spiro atoms. The van der Waals surface area contributed by atoms with Crippen molar-refractivity contribution in [2.24, 2.45) is 5.16 Å². The predicted octanol–water partition coefficient (Wildman–Crippen LogP) is 6.98. The Morgan fingerprint density at radius 1 is 1.00 bits per heavy atom. The maximum Gasteiger partial charge on any atom is 0.218 e. The van der Waals surface area contributed by atoms with Crippen molar-refractivity contribution >= 4 is 11.5 Å². The van der Waals surface area contributed by atoms with Crippen molar-refractivity contribution < 1.29 is 19.8 Å². The smallest absolute Gasteiger partial charge is 0.218 e. The van der Waals surface area contributed by atoms with Crippen molar-refractivity contribution in [2.45, 2.75) is 86.2 Å². The summed E-state index contributed by atoms with van der Waals surface area (Å²) in [5.74, 6) is 0.109. The lowest BCUT2D eigenvalue weighted by Gasteiger charge is -2.28. The number of Topliss-reactive ketones (excluding diaryl/α,β-unsaturated/α-hetero) is 1. The van der Waals surface area contributed by atoms with E-state index in [-0.39, 0.29) is 17.0 Å². The van der Waals surface area contributed by atoms with Crippen LogP contribution in [0.5, 0.6) is 11.5 Å². The Morgan fingerprint density at radius 3 is 2.19 bits per heavy atom. The molecule has 1 atom stereocenters. The molecule has 0 fully saturated rings. The third-order valence-corrected chi connectivity index (χ3v) is 6.01. The fourth-order valence-corrected chi connectivity index (χ4v) is 3.80. The van der Waals surface area contributed by atoms with Crippen LogP contribution in [0.25, 0.3) is 0 Å². The van der Waals surface area contributed by atoms with E-state index in [9.17, 15) is 15.1 Å². The second kappa shape index (κ2) is 11.7. The first-order chi connectivity index (χ1) is 15.1. The number of ketones is 1. The van der Waals surface area contributed by atoms with E-state index in [2.05, 4.69) is 51.1 Å². The zero-order chi connectivity index (χ0) is 23.8. The summed E-state index contributed by atoms with van der Waals surface area (Å²) < 4.78 is 6.05. The van der Waals surface area contributed by atoms with Gasteiger partial charge in [-0.25, -0.2) is 0 Å². The third kappa shape index (κ3) is 6.59. The summed E-state index contributed by atoms with van der Waals surface area (Å²) in [5.41, 5.74) is 5.72. The molecule has 2 N–H and O–H groups in total. The molecule has 0 radical (unpaired) electrons. The number of fused-ring (bicyclic) bond motifs is 1. The van der Waals surface area contributed by atoms with Crippen LogP contribution < -0.4 is 4.74 Å². The van der Waals surface area contributed by atoms with Crippen LogP contribution in [0.15, 0.2) is 46.2 Å². The molecule has 1 aromatic carbocycles. The molecule has 2 rings (SSSR count). The molecule has 1 aliphatic rings. The molecule has 0 bridgehead atoms. The van der Waals surface area contributed by atoms with Gasteiger partial charge >= 0.3 is 0 Å². The van der Waals surface area contributed by atoms with Crippen LogP contribution in [0, 0.1) is 13.8 Å². The summed E-state index contributed by atoms with van der Waals surface area (Å²) in [4.78, 5) is 12.8. The highest BCUT2D eigenvalue weighted by Crippen LogP contribution is 2.37. The lowest BCUT2D eigenvalue weighted by Crippen LogP contribution is -2.38. The molecule has 0 saturated heterocycles. The molecule has 1 aliphatic heterocycles. The van der Waals surface area contributed by atoms with Crippen LogP contribution in [0.2, 0.25) is 0 Å². The van der Waals surface area contributed by atoms with Crippen LogP contribution in [0.3, 0.4) is 0 Å². The summed E-state index contributed by atoms with van der Waals surface area (Å²) in [7, 11) is 0. The highest BCUT2D eigenvalue weighted by molar-refractivity contribution is 6.48. The number of nitrogens with zero attached hydrogens (tertiary/aromatic N) is 1. The number of ether oxygens (including phenoxy) is 1. The molecule has 1 unspecified atom stereocenters. The number of carbonyl (C=O) groups excluding carboxylic acids is 1. The van der Waals surface area contributed by atoms with Gasteiger partial charge in [0.25, 0.3) is 0 Å². The van der Waals surface area contributed by atoms with Gasteiger partial charge in [0.2, 0.25) is 5.78 Å². The van der Waals surface area contributed by atoms with Gasteiger partial charge in [-0.15, -0.1) is 0 Å². The largest absolute Gasteiger partial charge is 0.508 e. The average molecular weight is 440 g/mol. The first kappa shape index (κ1) is 25.4. The number of carbonyl (C=O) groups is 1. The Morgan fingerprint density at radius 2 is 1.59 bits per heavy atom. The summed E-state index contributed by atoms with van der Waals surface area (Å²) in [6, 6.07) is 1.39. The van der Waals surface area contributed by atoms with Crippen molar-refractivity contribution in [3.05, 3.63) is 57.7 Å². The number of allylic oxidation sites excluding steroid dienone is 6. The van der Waals surface area contributed by atoms with Gasteiger partial charge in [-0.1, -0.05) is 40.1 Å². The summed E-state index contributed by atoms with van der Waals surface area (Å²) in [5, 5.41) is 22.7. The average Bonchev–Trinajstić information content (AvgIpc) is 2.73. The number of hydrogen-bond acceptors (Lipinski definition) is 5. The van der Waals surface area contributed by atoms with Crippen LogP contribution in [0.4, 0.5) is 0 Å². The standard InChI is InChI=1S/C27H37NO4/c1-17(2)10-7-11-18(3)12-8-13-19(4)14-9-15-24-25(28-31)26(30)22-16-23(29)20(5)21(6)27(22)32-24/h10,12,14,16,24,29,31H,7-9,11,13,15H2,1-6H3/b18-12+,19-14+,28-25-. The number of oxime groups is 1. The van der Waals surface area contributed by atoms with Crippen molar-refractivity contribution in [1.29, 1.82) is 0 Å². The van der Waals surface area contributed by atoms with Gasteiger partial charge in [-0.2, -0.15) is 0 Å². The molecule has 0 aliphatic carbocycles. The summed E-state index contributed by atoms with van der Waals surface area (Å²) in [6.45, 7) is 12.2. The van der Waals surface area contributed by atoms with E-state index in [0.717, 1.165) is 37.7 Å². The van der Waals surface area contributed by atoms with E-state index >= 15 is 0 Å². The lowest BCUT2D eigenvalue weighted by molar-refractivity contribution is 0.101. The van der Waals surface area contributed by atoms with Crippen LogP contribution in [-0.4, -0.2) is 27.9 Å². The fourth-order valence-electron chi connectivity index (χ4n) is 3.80. The minimum absolute atomic E-state index is 0.0128. The number of rotatable bonds is 9. The number of phenols is 1. The van der Waals surface area contributed by atoms with E-state index in [4.69, 9.17) is 4.74 Å². The molecule has 1 heterocycles. The molecule has 5 nitrogen and oxygen atoms in total. The van der Waals surface area contributed by atoms with Gasteiger partial charge in [-0.05, 0) is 97.3 Å². The van der Waals surface area contributed by atoms with E-state index in [0.29, 0.717) is 17.7 Å². The minimum Gasteiger partial charge on any atom is -0.508 e. The normalized spacial score (nSPS) is 17.9. The molecule has 0 aromatic heterocycles. The predicted molar refractivity (Wildman–Crippen MR) is 130 cm³/mol. The Hall–Kier alpha value is -2.82. The van der Waals surface area contributed by atoms with Crippen molar-refractivity contribution in [2.75, 3.05) is 0 Å². The molecule has 5 heteroatoms. The Balaban J connectivity index is 1.95. The summed E-state index contributed by atoms with van der Waals surface area (Å²) >= 11 is 0. The molecule has 0 amide bonds. The SMILES string of the molecule is CC(C)=CCC/C(C)=C/CC/C(C)=C/CCC1Oc2c(cc(O)c(C)c2C)C(=O)/C1=N\O. The molecular formula is C27H37NO4. The Bertz CT molecular complexity index is 962. The van der Waals surface area contributed by atoms with Crippen molar-refractivity contribution in [1.82, 2.24) is 0 Å². The van der Waals surface area contributed by atoms with Gasteiger partial charge < -0.3 is 15.1 Å². The van der Waals surface area contributed by atoms with E-state index in [1.54, 1.807) is 6.92 Å². The highest BCUT2D eigenvalue weighted by atomic mass is 16.5. The van der Waals surface area contributed by atoms with Gasteiger partial charge in [0.15, 0.2) is 5.71 Å². The molecule has 32 heavy (non-hydrogen) atoms. The van der Waals surface area contributed by atoms with Crippen LogP contribution in [-0.2, 0) is 0 Å². The van der Waals surface area contributed by atoms with Crippen LogP contribution >= 0.6 is 0 Å². The Kier molecular flexibility index (Phi) is 9.30. The highest BCUT2D eigenvalue weighted by Gasteiger charge is 2.35. The first-order valence-corrected chi connectivity index (χ1v) is 11.4. The second-order valence-corrected chi connectivity index (χ2v) is 8.98. The molecular weight excluding hydrogens is 402 g/mol. The first-order valence-electron chi connectivity index (χ1n) is 11.4. The Labute approximate surface area is 192 Å². The van der Waals surface area contributed by atoms with Crippen molar-refractivity contribution in [3.8, 4) is 11.5 Å². The maximum absolute atomic E-state index is 12.8. The molecule has 0 saturated carbocycles. The number of phenolic OH excluding ortho intramolecular Hbond substituents is 1. The number of aromatic hydroxyl groups is 1. The van der Waals surface area contributed by atoms with E-state index < -0.39 is 11.9 Å². The number of hydrogen-bond donors (Lipinski definition) is 2. The second-order valence-electron chi connectivity index (χ2n) is 8.98. The quantitative estimate of drug-likeness (QED) is 0.247. The van der Waals surface area contributed by atoms with Crippen LogP contribution in [0.1, 0.15) is 87.7 Å². The summed E-state index contributed by atoms with van der Waals surface area (Å²) in [6.07, 6.45) is 11.6. The van der Waals surface area contributed by atoms with E-state index in [1.807, 2.05) is 6.92 Å².